The van der Waals surface area contributed by atoms with Crippen molar-refractivity contribution in [1.29, 1.82) is 0 Å². The van der Waals surface area contributed by atoms with Crippen LogP contribution in [-0.4, -0.2) is 18.2 Å². The number of nitrogen functional groups attached to an aromatic ring is 1. The van der Waals surface area contributed by atoms with Crippen LogP contribution in [0.3, 0.4) is 0 Å². The Morgan fingerprint density at radius 3 is 2.45 bits per heavy atom. The van der Waals surface area contributed by atoms with Gasteiger partial charge in [0.05, 0.1) is 11.3 Å². The molecule has 5 nitrogen and oxygen atoms in total. The Morgan fingerprint density at radius 1 is 1.10 bits per heavy atom. The Kier molecular flexibility index (Phi) is 6.47. The summed E-state index contributed by atoms with van der Waals surface area (Å²) in [6, 6.07) is 11.8. The van der Waals surface area contributed by atoms with Crippen LogP contribution in [0.2, 0.25) is 10.0 Å². The van der Waals surface area contributed by atoms with Gasteiger partial charge >= 0.3 is 0 Å². The number of carbonyl (C=O) groups is 2. The van der Waals surface area contributed by atoms with Crippen LogP contribution in [0.4, 0.5) is 16.4 Å². The van der Waals surface area contributed by atoms with Crippen LogP contribution in [0.1, 0.15) is 38.1 Å². The van der Waals surface area contributed by atoms with Crippen molar-refractivity contribution in [1.82, 2.24) is 0 Å². The average molecular weight is 448 g/mol. The smallest absolute Gasteiger partial charge is 0.260 e. The van der Waals surface area contributed by atoms with Crippen LogP contribution in [-0.2, 0) is 0 Å². The highest BCUT2D eigenvalue weighted by atomic mass is 35.5. The standard InChI is InChI=1S/C21H19Cl2N3O2S/c1-3-25-21-16(20(28)26-15-6-4-5-14(23)11(15)2)17(24)19(29-21)18(27)12-7-9-13(22)10-8-12/h4-10,25H,3,24H2,1-2H3,(H,26,28). The number of carbonyl (C=O) groups excluding carboxylic acids is 2. The van der Waals surface area contributed by atoms with Crippen LogP contribution < -0.4 is 16.4 Å². The van der Waals surface area contributed by atoms with Crippen molar-refractivity contribution in [3.05, 3.63) is 74.1 Å². The Hall–Kier alpha value is -2.54. The lowest BCUT2D eigenvalue weighted by molar-refractivity contribution is 0.102. The number of nitrogens with two attached hydrogens (primary N) is 1. The second-order valence-electron chi connectivity index (χ2n) is 6.28. The normalized spacial score (nSPS) is 10.6. The lowest BCUT2D eigenvalue weighted by Gasteiger charge is -2.11. The van der Waals surface area contributed by atoms with Gasteiger partial charge in [0.25, 0.3) is 5.91 Å². The number of nitrogens with one attached hydrogen (secondary N) is 2. The number of hydrogen-bond donors (Lipinski definition) is 3. The van der Waals surface area contributed by atoms with Crippen molar-refractivity contribution >= 4 is 62.6 Å². The number of benzene rings is 2. The molecular weight excluding hydrogens is 429 g/mol. The van der Waals surface area contributed by atoms with Gasteiger partial charge in [-0.15, -0.1) is 11.3 Å². The molecule has 0 fully saturated rings. The number of rotatable bonds is 6. The fourth-order valence-corrected chi connectivity index (χ4v) is 4.23. The van der Waals surface area contributed by atoms with E-state index in [4.69, 9.17) is 28.9 Å². The monoisotopic (exact) mass is 447 g/mol. The molecule has 0 unspecified atom stereocenters. The molecule has 3 rings (SSSR count). The topological polar surface area (TPSA) is 84.2 Å². The number of thiophene rings is 1. The van der Waals surface area contributed by atoms with Gasteiger partial charge in [-0.3, -0.25) is 9.59 Å². The summed E-state index contributed by atoms with van der Waals surface area (Å²) in [4.78, 5) is 26.3. The van der Waals surface area contributed by atoms with E-state index in [9.17, 15) is 9.59 Å². The third-order valence-electron chi connectivity index (χ3n) is 4.34. The summed E-state index contributed by atoms with van der Waals surface area (Å²) in [5.74, 6) is -0.670. The highest BCUT2D eigenvalue weighted by Crippen LogP contribution is 2.38. The lowest BCUT2D eigenvalue weighted by Crippen LogP contribution is -2.16. The van der Waals surface area contributed by atoms with E-state index in [1.807, 2.05) is 13.8 Å². The summed E-state index contributed by atoms with van der Waals surface area (Å²) in [5.41, 5.74) is 8.43. The zero-order valence-corrected chi connectivity index (χ0v) is 18.1. The van der Waals surface area contributed by atoms with E-state index in [1.165, 1.54) is 0 Å². The summed E-state index contributed by atoms with van der Waals surface area (Å²) in [5, 5.41) is 7.59. The Labute approximate surface area is 182 Å². The van der Waals surface area contributed by atoms with E-state index in [-0.39, 0.29) is 17.0 Å². The van der Waals surface area contributed by atoms with Crippen LogP contribution in [0.5, 0.6) is 0 Å². The minimum absolute atomic E-state index is 0.142. The first-order valence-corrected chi connectivity index (χ1v) is 10.4. The second kappa shape index (κ2) is 8.86. The highest BCUT2D eigenvalue weighted by molar-refractivity contribution is 7.19. The molecule has 0 aliphatic carbocycles. The van der Waals surface area contributed by atoms with E-state index in [0.29, 0.717) is 37.7 Å². The molecule has 1 amide bonds. The summed E-state index contributed by atoms with van der Waals surface area (Å²) in [6.45, 7) is 4.29. The molecule has 0 saturated heterocycles. The molecule has 0 bridgehead atoms. The summed E-state index contributed by atoms with van der Waals surface area (Å²) in [6.07, 6.45) is 0. The maximum absolute atomic E-state index is 13.0. The maximum atomic E-state index is 13.0. The number of anilines is 3. The molecular formula is C21H19Cl2N3O2S. The van der Waals surface area contributed by atoms with Gasteiger partial charge in [-0.2, -0.15) is 0 Å². The zero-order valence-electron chi connectivity index (χ0n) is 15.8. The van der Waals surface area contributed by atoms with Gasteiger partial charge < -0.3 is 16.4 Å². The molecule has 2 aromatic carbocycles. The van der Waals surface area contributed by atoms with Gasteiger partial charge in [-0.05, 0) is 55.8 Å². The largest absolute Gasteiger partial charge is 0.397 e. The third-order valence-corrected chi connectivity index (χ3v) is 6.16. The molecule has 4 N–H and O–H groups in total. The molecule has 0 radical (unpaired) electrons. The van der Waals surface area contributed by atoms with Crippen molar-refractivity contribution in [2.75, 3.05) is 22.9 Å². The van der Waals surface area contributed by atoms with Gasteiger partial charge in [-0.1, -0.05) is 29.3 Å². The molecule has 3 aromatic rings. The zero-order chi connectivity index (χ0) is 21.1. The van der Waals surface area contributed by atoms with Crippen LogP contribution in [0.25, 0.3) is 0 Å². The fraction of sp³-hybridized carbons (Fsp3) is 0.143. The lowest BCUT2D eigenvalue weighted by atomic mass is 10.1. The molecule has 0 saturated carbocycles. The van der Waals surface area contributed by atoms with Crippen molar-refractivity contribution in [3.63, 3.8) is 0 Å². The van der Waals surface area contributed by atoms with Gasteiger partial charge in [0.1, 0.15) is 9.88 Å². The summed E-state index contributed by atoms with van der Waals surface area (Å²) >= 11 is 13.2. The van der Waals surface area contributed by atoms with Gasteiger partial charge in [0.2, 0.25) is 5.78 Å². The fourth-order valence-electron chi connectivity index (χ4n) is 2.78. The van der Waals surface area contributed by atoms with Gasteiger partial charge in [0.15, 0.2) is 0 Å². The van der Waals surface area contributed by atoms with Crippen LogP contribution in [0, 0.1) is 6.92 Å². The molecule has 0 aliphatic heterocycles. The number of amides is 1. The van der Waals surface area contributed by atoms with E-state index in [1.54, 1.807) is 42.5 Å². The molecule has 1 heterocycles. The van der Waals surface area contributed by atoms with E-state index < -0.39 is 5.91 Å². The van der Waals surface area contributed by atoms with Crippen molar-refractivity contribution in [2.24, 2.45) is 0 Å². The quantitative estimate of drug-likeness (QED) is 0.413. The number of hydrogen-bond acceptors (Lipinski definition) is 5. The van der Waals surface area contributed by atoms with Crippen molar-refractivity contribution in [3.8, 4) is 0 Å². The highest BCUT2D eigenvalue weighted by Gasteiger charge is 2.26. The molecule has 0 aliphatic rings. The van der Waals surface area contributed by atoms with E-state index >= 15 is 0 Å². The van der Waals surface area contributed by atoms with Gasteiger partial charge in [0, 0.05) is 27.8 Å². The minimum Gasteiger partial charge on any atom is -0.397 e. The Morgan fingerprint density at radius 2 is 1.79 bits per heavy atom. The van der Waals surface area contributed by atoms with Crippen LogP contribution in [0.15, 0.2) is 42.5 Å². The number of ketones is 1. The first kappa shape index (κ1) is 21.2. The van der Waals surface area contributed by atoms with Crippen LogP contribution >= 0.6 is 34.5 Å². The van der Waals surface area contributed by atoms with Crippen molar-refractivity contribution in [2.45, 2.75) is 13.8 Å². The van der Waals surface area contributed by atoms with E-state index in [0.717, 1.165) is 16.9 Å². The molecule has 1 aromatic heterocycles. The second-order valence-corrected chi connectivity index (χ2v) is 8.15. The Balaban J connectivity index is 1.99. The molecule has 0 spiro atoms. The molecule has 0 atom stereocenters. The summed E-state index contributed by atoms with van der Waals surface area (Å²) in [7, 11) is 0. The maximum Gasteiger partial charge on any atom is 0.260 e. The molecule has 8 heteroatoms. The first-order valence-electron chi connectivity index (χ1n) is 8.86. The Bertz CT molecular complexity index is 1080. The van der Waals surface area contributed by atoms with E-state index in [2.05, 4.69) is 10.6 Å². The average Bonchev–Trinajstić information content (AvgIpc) is 3.02. The predicted octanol–water partition coefficient (Wildman–Crippen LogP) is 5.86. The molecule has 150 valence electrons. The minimum atomic E-state index is -0.407. The van der Waals surface area contributed by atoms with Crippen molar-refractivity contribution < 1.29 is 9.59 Å². The first-order chi connectivity index (χ1) is 13.8. The molecule has 29 heavy (non-hydrogen) atoms. The summed E-state index contributed by atoms with van der Waals surface area (Å²) < 4.78 is 0. The van der Waals surface area contributed by atoms with Gasteiger partial charge in [-0.25, -0.2) is 0 Å². The number of halogens is 2. The SMILES string of the molecule is CCNc1sc(C(=O)c2ccc(Cl)cc2)c(N)c1C(=O)Nc1cccc(Cl)c1C. The third kappa shape index (κ3) is 4.40. The predicted molar refractivity (Wildman–Crippen MR) is 122 cm³/mol.